The second-order valence-electron chi connectivity index (χ2n) is 18.4. The number of piperazine rings is 1. The van der Waals surface area contributed by atoms with Crippen molar-refractivity contribution in [1.82, 2.24) is 45.2 Å². The van der Waals surface area contributed by atoms with Crippen molar-refractivity contribution >= 4 is 46.1 Å². The van der Waals surface area contributed by atoms with E-state index in [1.165, 1.54) is 10.6 Å². The molecule has 2 aromatic carbocycles. The normalized spacial score (nSPS) is 17.4. The minimum Gasteiger partial charge on any atom is -0.372 e. The van der Waals surface area contributed by atoms with E-state index in [9.17, 15) is 14.4 Å². The first kappa shape index (κ1) is 42.6. The van der Waals surface area contributed by atoms with Crippen LogP contribution in [0.4, 0.5) is 22.0 Å². The number of nitrogens with zero attached hydrogens (tertiary/aromatic N) is 10. The molecule has 2 N–H and O–H groups in total. The standard InChI is InChI=1S/C48H56N12O4/c1-30-25-33(7-13-37(30)31(2)52-44(62)45-54-46(55-64-45)48(3,4)5)42-38-26-39(53-43(38)51-29-50-42)34-8-14-40(49-27-34)59-23-21-57(22-24-59)28-32-15-18-58(19-16-32)35-9-11-36(12-10-35)60-20-17-41(61)56(6)47(60)63/h7-14,25-27,29,31-32H,15-24,28H2,1-6H3,(H,52,62)(H,50,51,53). The second kappa shape index (κ2) is 17.5. The Morgan fingerprint density at radius 1 is 0.875 bits per heavy atom. The molecule has 0 bridgehead atoms. The number of carbonyl (C=O) groups excluding carboxylic acids is 3. The average Bonchev–Trinajstić information content (AvgIpc) is 3.99. The summed E-state index contributed by atoms with van der Waals surface area (Å²) in [4.78, 5) is 69.7. The Morgan fingerprint density at radius 2 is 1.61 bits per heavy atom. The molecule has 3 aliphatic heterocycles. The minimum atomic E-state index is -0.411. The number of piperidine rings is 1. The first-order valence-corrected chi connectivity index (χ1v) is 22.3. The number of urea groups is 1. The number of hydrogen-bond acceptors (Lipinski definition) is 12. The van der Waals surface area contributed by atoms with Crippen LogP contribution in [0.2, 0.25) is 0 Å². The lowest BCUT2D eigenvalue weighted by Gasteiger charge is -2.39. The summed E-state index contributed by atoms with van der Waals surface area (Å²) in [7, 11) is 1.55. The Balaban J connectivity index is 0.766. The number of H-pyrrole nitrogens is 1. The third kappa shape index (κ3) is 8.78. The van der Waals surface area contributed by atoms with Crippen molar-refractivity contribution in [3.63, 3.8) is 0 Å². The van der Waals surface area contributed by atoms with Crippen molar-refractivity contribution in [3.05, 3.63) is 96.0 Å². The fourth-order valence-electron chi connectivity index (χ4n) is 9.06. The summed E-state index contributed by atoms with van der Waals surface area (Å²) in [6.45, 7) is 17.3. The largest absolute Gasteiger partial charge is 0.372 e. The second-order valence-corrected chi connectivity index (χ2v) is 18.4. The Hall–Kier alpha value is -6.68. The van der Waals surface area contributed by atoms with Crippen LogP contribution in [0.3, 0.4) is 0 Å². The molecule has 64 heavy (non-hydrogen) atoms. The van der Waals surface area contributed by atoms with Crippen LogP contribution in [-0.2, 0) is 10.2 Å². The van der Waals surface area contributed by atoms with E-state index in [2.05, 4.69) is 76.5 Å². The van der Waals surface area contributed by atoms with E-state index in [0.717, 1.165) is 115 Å². The summed E-state index contributed by atoms with van der Waals surface area (Å²) in [5.41, 5.74) is 8.08. The molecule has 0 saturated carbocycles. The van der Waals surface area contributed by atoms with Gasteiger partial charge in [-0.25, -0.2) is 19.7 Å². The van der Waals surface area contributed by atoms with Crippen LogP contribution in [0.1, 0.15) is 80.6 Å². The molecular formula is C48H56N12O4. The Morgan fingerprint density at radius 3 is 2.30 bits per heavy atom. The molecule has 16 heteroatoms. The molecule has 4 amide bonds. The predicted molar refractivity (Wildman–Crippen MR) is 246 cm³/mol. The van der Waals surface area contributed by atoms with Crippen LogP contribution < -0.4 is 20.0 Å². The Bertz CT molecular complexity index is 2650. The molecule has 0 radical (unpaired) electrons. The summed E-state index contributed by atoms with van der Waals surface area (Å²) in [6.07, 6.45) is 6.16. The van der Waals surface area contributed by atoms with E-state index >= 15 is 0 Å². The zero-order valence-electron chi connectivity index (χ0n) is 37.5. The molecule has 3 saturated heterocycles. The summed E-state index contributed by atoms with van der Waals surface area (Å²) in [6, 6.07) is 20.1. The van der Waals surface area contributed by atoms with Crippen molar-refractivity contribution in [1.29, 1.82) is 0 Å². The number of hydrogen-bond donors (Lipinski definition) is 2. The van der Waals surface area contributed by atoms with Gasteiger partial charge in [-0.2, -0.15) is 4.98 Å². The smallest absolute Gasteiger partial charge is 0.330 e. The van der Waals surface area contributed by atoms with Gasteiger partial charge in [0.1, 0.15) is 17.8 Å². The minimum absolute atomic E-state index is 0.0497. The number of fused-ring (bicyclic) bond motifs is 1. The highest BCUT2D eigenvalue weighted by atomic mass is 16.5. The van der Waals surface area contributed by atoms with Crippen LogP contribution in [0, 0.1) is 12.8 Å². The SMILES string of the molecule is Cc1cc(-c2ncnc3[nH]c(-c4ccc(N5CCN(CC6CCN(c7ccc(N8CCC(=O)N(C)C8=O)cc7)CC6)CC5)nc4)cc23)ccc1C(C)NC(=O)c1nc(C(C)(C)C)no1. The number of amides is 4. The molecule has 9 rings (SSSR count). The fourth-order valence-corrected chi connectivity index (χ4v) is 9.06. The number of aromatic amines is 1. The molecule has 0 aliphatic carbocycles. The van der Waals surface area contributed by atoms with E-state index in [1.807, 2.05) is 65.1 Å². The number of anilines is 3. The van der Waals surface area contributed by atoms with Gasteiger partial charge >= 0.3 is 17.8 Å². The van der Waals surface area contributed by atoms with Gasteiger partial charge in [-0.3, -0.25) is 24.3 Å². The van der Waals surface area contributed by atoms with Crippen molar-refractivity contribution in [2.24, 2.45) is 5.92 Å². The average molecular weight is 865 g/mol. The summed E-state index contributed by atoms with van der Waals surface area (Å²) < 4.78 is 5.25. The molecule has 4 aromatic heterocycles. The van der Waals surface area contributed by atoms with Gasteiger partial charge in [-0.1, -0.05) is 38.1 Å². The van der Waals surface area contributed by atoms with E-state index in [4.69, 9.17) is 14.5 Å². The number of aromatic nitrogens is 6. The van der Waals surface area contributed by atoms with Gasteiger partial charge in [0.25, 0.3) is 0 Å². The molecule has 6 aromatic rings. The van der Waals surface area contributed by atoms with Gasteiger partial charge in [-0.05, 0) is 92.3 Å². The van der Waals surface area contributed by atoms with Crippen molar-refractivity contribution in [3.8, 4) is 22.5 Å². The number of carbonyl (C=O) groups is 3. The van der Waals surface area contributed by atoms with Crippen molar-refractivity contribution < 1.29 is 18.9 Å². The third-order valence-electron chi connectivity index (χ3n) is 12.9. The maximum absolute atomic E-state index is 12.9. The van der Waals surface area contributed by atoms with Gasteiger partial charge < -0.3 is 24.6 Å². The topological polar surface area (TPSA) is 173 Å². The van der Waals surface area contributed by atoms with E-state index < -0.39 is 5.91 Å². The molecule has 16 nitrogen and oxygen atoms in total. The first-order valence-electron chi connectivity index (χ1n) is 22.3. The Kier molecular flexibility index (Phi) is 11.6. The van der Waals surface area contributed by atoms with Crippen molar-refractivity contribution in [2.75, 3.05) is 74.1 Å². The third-order valence-corrected chi connectivity index (χ3v) is 12.9. The van der Waals surface area contributed by atoms with Gasteiger partial charge in [0.05, 0.1) is 11.7 Å². The molecule has 3 aliphatic rings. The molecule has 332 valence electrons. The van der Waals surface area contributed by atoms with E-state index in [1.54, 1.807) is 18.3 Å². The molecule has 7 heterocycles. The summed E-state index contributed by atoms with van der Waals surface area (Å²) >= 11 is 0. The van der Waals surface area contributed by atoms with Crippen LogP contribution in [0.15, 0.2) is 77.7 Å². The number of nitrogens with one attached hydrogen (secondary N) is 2. The zero-order valence-corrected chi connectivity index (χ0v) is 37.5. The first-order chi connectivity index (χ1) is 30.8. The number of aryl methyl sites for hydroxylation is 1. The molecule has 1 atom stereocenters. The maximum Gasteiger partial charge on any atom is 0.330 e. The van der Waals surface area contributed by atoms with Gasteiger partial charge in [0, 0.05) is 111 Å². The number of benzene rings is 2. The molecule has 1 unspecified atom stereocenters. The van der Waals surface area contributed by atoms with Crippen molar-refractivity contribution in [2.45, 2.75) is 65.3 Å². The molecule has 0 spiro atoms. The predicted octanol–water partition coefficient (Wildman–Crippen LogP) is 6.99. The van der Waals surface area contributed by atoms with Gasteiger partial charge in [0.15, 0.2) is 5.82 Å². The van der Waals surface area contributed by atoms with E-state index in [0.29, 0.717) is 24.7 Å². The zero-order chi connectivity index (χ0) is 44.7. The van der Waals surface area contributed by atoms with Crippen LogP contribution in [0.25, 0.3) is 33.5 Å². The maximum atomic E-state index is 12.9. The summed E-state index contributed by atoms with van der Waals surface area (Å²) in [5.74, 6) is 1.54. The quantitative estimate of drug-likeness (QED) is 0.145. The van der Waals surface area contributed by atoms with E-state index in [-0.39, 0.29) is 29.3 Å². The lowest BCUT2D eigenvalue weighted by molar-refractivity contribution is -0.127. The van der Waals surface area contributed by atoms with Crippen LogP contribution in [-0.4, -0.2) is 117 Å². The Labute approximate surface area is 373 Å². The number of rotatable bonds is 10. The number of imide groups is 1. The summed E-state index contributed by atoms with van der Waals surface area (Å²) in [5, 5.41) is 7.89. The number of pyridine rings is 1. The van der Waals surface area contributed by atoms with Crippen LogP contribution >= 0.6 is 0 Å². The van der Waals surface area contributed by atoms with Gasteiger partial charge in [0.2, 0.25) is 5.91 Å². The lowest BCUT2D eigenvalue weighted by Crippen LogP contribution is -2.50. The highest BCUT2D eigenvalue weighted by Gasteiger charge is 2.31. The fraction of sp³-hybridized carbons (Fsp3) is 0.417. The lowest BCUT2D eigenvalue weighted by atomic mass is 9.95. The van der Waals surface area contributed by atoms with Gasteiger partial charge in [-0.15, -0.1) is 0 Å². The highest BCUT2D eigenvalue weighted by Crippen LogP contribution is 2.33. The molecule has 3 fully saturated rings. The monoisotopic (exact) mass is 864 g/mol. The molecular weight excluding hydrogens is 809 g/mol. The highest BCUT2D eigenvalue weighted by molar-refractivity contribution is 6.05. The van der Waals surface area contributed by atoms with Crippen LogP contribution in [0.5, 0.6) is 0 Å².